The lowest BCUT2D eigenvalue weighted by Gasteiger charge is -2.18. The van der Waals surface area contributed by atoms with Gasteiger partial charge in [0, 0.05) is 19.3 Å². The molecule has 1 atom stereocenters. The van der Waals surface area contributed by atoms with E-state index in [0.717, 1.165) is 64.2 Å². The van der Waals surface area contributed by atoms with Gasteiger partial charge in [-0.3, -0.25) is 14.4 Å². The maximum Gasteiger partial charge on any atom is 0.306 e. The third kappa shape index (κ3) is 39.4. The number of esters is 3. The van der Waals surface area contributed by atoms with E-state index in [1.807, 2.05) is 0 Å². The largest absolute Gasteiger partial charge is 0.462 e. The number of carbonyl (C=O) groups excluding carboxylic acids is 3. The van der Waals surface area contributed by atoms with Crippen LogP contribution in [-0.4, -0.2) is 37.2 Å². The number of allylic oxidation sites excluding steroid dienone is 2. The van der Waals surface area contributed by atoms with Gasteiger partial charge >= 0.3 is 17.9 Å². The highest BCUT2D eigenvalue weighted by Crippen LogP contribution is 2.15. The highest BCUT2D eigenvalue weighted by molar-refractivity contribution is 5.71. The molecule has 0 heterocycles. The first-order chi connectivity index (χ1) is 25.5. The quantitative estimate of drug-likeness (QED) is 0.0269. The van der Waals surface area contributed by atoms with E-state index in [1.54, 1.807) is 0 Å². The molecule has 0 amide bonds. The first kappa shape index (κ1) is 50.1. The SMILES string of the molecule is CCCCCC/C=C\CCCCCCCC(=O)OC(COC(=O)CCCCCCCCC)COC(=O)CCCCCCCCCCCCCCCC. The standard InChI is InChI=1S/C46H86O6/c1-4-7-10-13-16-18-20-22-24-25-27-30-33-36-39-45(48)51-42-43(41-50-44(47)38-35-32-29-15-12-9-6-3)52-46(49)40-37-34-31-28-26-23-21-19-17-14-11-8-5-2/h19,21,43H,4-18,20,22-42H2,1-3H3/b21-19-. The van der Waals surface area contributed by atoms with Gasteiger partial charge in [0.2, 0.25) is 0 Å². The molecule has 1 unspecified atom stereocenters. The van der Waals surface area contributed by atoms with Gasteiger partial charge < -0.3 is 14.2 Å². The zero-order valence-corrected chi connectivity index (χ0v) is 34.8. The van der Waals surface area contributed by atoms with Crippen LogP contribution in [0.15, 0.2) is 12.2 Å². The predicted octanol–water partition coefficient (Wildman–Crippen LogP) is 14.3. The zero-order chi connectivity index (χ0) is 38.0. The Bertz CT molecular complexity index is 809. The van der Waals surface area contributed by atoms with Crippen molar-refractivity contribution in [3.63, 3.8) is 0 Å². The fourth-order valence-corrected chi connectivity index (χ4v) is 6.55. The van der Waals surface area contributed by atoms with Crippen molar-refractivity contribution in [2.24, 2.45) is 0 Å². The second-order valence-electron chi connectivity index (χ2n) is 15.3. The number of hydrogen-bond acceptors (Lipinski definition) is 6. The normalized spacial score (nSPS) is 12.0. The molecule has 0 rings (SSSR count). The van der Waals surface area contributed by atoms with Gasteiger partial charge in [-0.2, -0.15) is 0 Å². The third-order valence-corrected chi connectivity index (χ3v) is 10.0. The molecule has 0 N–H and O–H groups in total. The van der Waals surface area contributed by atoms with Crippen LogP contribution in [0.3, 0.4) is 0 Å². The van der Waals surface area contributed by atoms with Crippen LogP contribution >= 0.6 is 0 Å². The molecule has 0 aromatic heterocycles. The molecular weight excluding hydrogens is 648 g/mol. The monoisotopic (exact) mass is 735 g/mol. The summed E-state index contributed by atoms with van der Waals surface area (Å²) in [6, 6.07) is 0. The molecule has 0 fully saturated rings. The Morgan fingerprint density at radius 1 is 0.365 bits per heavy atom. The molecule has 0 saturated carbocycles. The highest BCUT2D eigenvalue weighted by Gasteiger charge is 2.19. The molecule has 0 saturated heterocycles. The first-order valence-corrected chi connectivity index (χ1v) is 22.7. The van der Waals surface area contributed by atoms with Gasteiger partial charge in [-0.25, -0.2) is 0 Å². The molecule has 0 aliphatic carbocycles. The van der Waals surface area contributed by atoms with E-state index in [2.05, 4.69) is 32.9 Å². The fraction of sp³-hybridized carbons (Fsp3) is 0.891. The van der Waals surface area contributed by atoms with Gasteiger partial charge in [0.05, 0.1) is 0 Å². The summed E-state index contributed by atoms with van der Waals surface area (Å²) in [5.41, 5.74) is 0. The van der Waals surface area contributed by atoms with Crippen molar-refractivity contribution < 1.29 is 28.6 Å². The number of ether oxygens (including phenoxy) is 3. The van der Waals surface area contributed by atoms with Crippen LogP contribution in [0.25, 0.3) is 0 Å². The van der Waals surface area contributed by atoms with Crippen LogP contribution in [0.2, 0.25) is 0 Å². The average Bonchev–Trinajstić information content (AvgIpc) is 3.14. The number of unbranched alkanes of at least 4 members (excludes halogenated alkanes) is 28. The summed E-state index contributed by atoms with van der Waals surface area (Å²) >= 11 is 0. The molecule has 0 bridgehead atoms. The van der Waals surface area contributed by atoms with Gasteiger partial charge in [0.25, 0.3) is 0 Å². The van der Waals surface area contributed by atoms with Crippen LogP contribution in [0.1, 0.15) is 245 Å². The summed E-state index contributed by atoms with van der Waals surface area (Å²) in [6.07, 6.45) is 43.4. The molecule has 6 heteroatoms. The summed E-state index contributed by atoms with van der Waals surface area (Å²) in [6.45, 7) is 6.58. The molecule has 0 radical (unpaired) electrons. The molecule has 0 aromatic rings. The van der Waals surface area contributed by atoms with Gasteiger partial charge in [0.15, 0.2) is 6.10 Å². The van der Waals surface area contributed by atoms with E-state index >= 15 is 0 Å². The molecule has 0 aliphatic heterocycles. The average molecular weight is 735 g/mol. The van der Waals surface area contributed by atoms with E-state index in [1.165, 1.54) is 141 Å². The Balaban J connectivity index is 4.29. The first-order valence-electron chi connectivity index (χ1n) is 22.7. The lowest BCUT2D eigenvalue weighted by atomic mass is 10.0. The van der Waals surface area contributed by atoms with Crippen LogP contribution in [0.5, 0.6) is 0 Å². The van der Waals surface area contributed by atoms with Crippen LogP contribution in [0, 0.1) is 0 Å². The van der Waals surface area contributed by atoms with Crippen molar-refractivity contribution in [1.29, 1.82) is 0 Å². The second-order valence-corrected chi connectivity index (χ2v) is 15.3. The van der Waals surface area contributed by atoms with E-state index in [9.17, 15) is 14.4 Å². The summed E-state index contributed by atoms with van der Waals surface area (Å²) in [7, 11) is 0. The second kappa shape index (κ2) is 41.9. The van der Waals surface area contributed by atoms with Gasteiger partial charge in [-0.05, 0) is 44.9 Å². The summed E-state index contributed by atoms with van der Waals surface area (Å²) in [5.74, 6) is -0.877. The Labute approximate surface area is 322 Å². The Morgan fingerprint density at radius 3 is 0.981 bits per heavy atom. The molecule has 0 spiro atoms. The predicted molar refractivity (Wildman–Crippen MR) is 220 cm³/mol. The molecule has 306 valence electrons. The van der Waals surface area contributed by atoms with Gasteiger partial charge in [-0.15, -0.1) is 0 Å². The lowest BCUT2D eigenvalue weighted by molar-refractivity contribution is -0.167. The topological polar surface area (TPSA) is 78.9 Å². The highest BCUT2D eigenvalue weighted by atomic mass is 16.6. The summed E-state index contributed by atoms with van der Waals surface area (Å²) in [5, 5.41) is 0. The number of hydrogen-bond donors (Lipinski definition) is 0. The smallest absolute Gasteiger partial charge is 0.306 e. The minimum absolute atomic E-state index is 0.0694. The van der Waals surface area contributed by atoms with Gasteiger partial charge in [0.1, 0.15) is 13.2 Å². The van der Waals surface area contributed by atoms with Crippen LogP contribution < -0.4 is 0 Å². The van der Waals surface area contributed by atoms with Crippen LogP contribution in [-0.2, 0) is 28.6 Å². The number of carbonyl (C=O) groups is 3. The van der Waals surface area contributed by atoms with E-state index in [0.29, 0.717) is 19.3 Å². The number of rotatable bonds is 41. The molecule has 0 aliphatic rings. The minimum Gasteiger partial charge on any atom is -0.462 e. The Morgan fingerprint density at radius 2 is 0.635 bits per heavy atom. The zero-order valence-electron chi connectivity index (χ0n) is 34.8. The Kier molecular flexibility index (Phi) is 40.4. The fourth-order valence-electron chi connectivity index (χ4n) is 6.55. The molecule has 52 heavy (non-hydrogen) atoms. The van der Waals surface area contributed by atoms with Gasteiger partial charge in [-0.1, -0.05) is 193 Å². The molecule has 0 aromatic carbocycles. The van der Waals surface area contributed by atoms with E-state index in [4.69, 9.17) is 14.2 Å². The van der Waals surface area contributed by atoms with Crippen molar-refractivity contribution in [3.05, 3.63) is 12.2 Å². The van der Waals surface area contributed by atoms with Crippen molar-refractivity contribution in [2.75, 3.05) is 13.2 Å². The van der Waals surface area contributed by atoms with Crippen molar-refractivity contribution in [2.45, 2.75) is 252 Å². The maximum absolute atomic E-state index is 12.7. The molecular formula is C46H86O6. The molecule has 6 nitrogen and oxygen atoms in total. The van der Waals surface area contributed by atoms with E-state index in [-0.39, 0.29) is 31.1 Å². The lowest BCUT2D eigenvalue weighted by Crippen LogP contribution is -2.30. The van der Waals surface area contributed by atoms with Crippen molar-refractivity contribution in [3.8, 4) is 0 Å². The van der Waals surface area contributed by atoms with E-state index < -0.39 is 6.10 Å². The summed E-state index contributed by atoms with van der Waals surface area (Å²) in [4.78, 5) is 37.6. The van der Waals surface area contributed by atoms with Crippen molar-refractivity contribution in [1.82, 2.24) is 0 Å². The van der Waals surface area contributed by atoms with Crippen molar-refractivity contribution >= 4 is 17.9 Å². The summed E-state index contributed by atoms with van der Waals surface area (Å²) < 4.78 is 16.6. The third-order valence-electron chi connectivity index (χ3n) is 10.0. The maximum atomic E-state index is 12.7. The Hall–Kier alpha value is -1.85. The minimum atomic E-state index is -0.764. The van der Waals surface area contributed by atoms with Crippen LogP contribution in [0.4, 0.5) is 0 Å².